The Morgan fingerprint density at radius 3 is 2.35 bits per heavy atom. The van der Waals surface area contributed by atoms with Gasteiger partial charge in [-0.15, -0.1) is 11.8 Å². The third-order valence-corrected chi connectivity index (χ3v) is 11.9. The van der Waals surface area contributed by atoms with Crippen LogP contribution in [0.5, 0.6) is 0 Å². The van der Waals surface area contributed by atoms with Crippen molar-refractivity contribution in [3.63, 3.8) is 0 Å². The van der Waals surface area contributed by atoms with Gasteiger partial charge in [0.05, 0.1) is 30.2 Å². The minimum absolute atomic E-state index is 0.0507. The van der Waals surface area contributed by atoms with Crippen molar-refractivity contribution >= 4 is 27.5 Å². The molecule has 2 saturated heterocycles. The Kier molecular flexibility index (Phi) is 11.3. The number of aromatic nitrogens is 2. The van der Waals surface area contributed by atoms with Gasteiger partial charge in [0.1, 0.15) is 6.17 Å². The maximum absolute atomic E-state index is 14.1. The summed E-state index contributed by atoms with van der Waals surface area (Å²) in [4.78, 5) is 6.68. The van der Waals surface area contributed by atoms with E-state index in [1.807, 2.05) is 18.2 Å². The van der Waals surface area contributed by atoms with Crippen LogP contribution in [0.4, 0.5) is 23.2 Å². The molecule has 0 radical (unpaired) electrons. The average molecular weight is 725 g/mol. The molecule has 3 aliphatic rings. The molecule has 1 aromatic heterocycles. The molecular formula is C34H44F4N6O3S2. The molecule has 2 aromatic carbocycles. The van der Waals surface area contributed by atoms with Crippen molar-refractivity contribution in [2.24, 2.45) is 0 Å². The Morgan fingerprint density at radius 2 is 1.67 bits per heavy atom. The van der Waals surface area contributed by atoms with Gasteiger partial charge in [-0.1, -0.05) is 24.3 Å². The van der Waals surface area contributed by atoms with Gasteiger partial charge in [-0.2, -0.15) is 22.6 Å². The predicted molar refractivity (Wildman–Crippen MR) is 184 cm³/mol. The van der Waals surface area contributed by atoms with Crippen molar-refractivity contribution in [3.8, 4) is 11.3 Å². The first-order valence-electron chi connectivity index (χ1n) is 16.8. The minimum Gasteiger partial charge on any atom is -0.390 e. The summed E-state index contributed by atoms with van der Waals surface area (Å²) >= 11 is 1.11. The van der Waals surface area contributed by atoms with E-state index in [1.54, 1.807) is 4.68 Å². The fraction of sp³-hybridized carbons (Fsp3) is 0.559. The van der Waals surface area contributed by atoms with Crippen molar-refractivity contribution in [1.29, 1.82) is 0 Å². The fourth-order valence-corrected chi connectivity index (χ4v) is 8.85. The number of fused-ring (bicyclic) bond motifs is 1. The number of hydrogen-bond donors (Lipinski definition) is 1. The number of sulfonamides is 1. The molecule has 0 saturated carbocycles. The summed E-state index contributed by atoms with van der Waals surface area (Å²) in [5, 5.41) is 16.0. The number of thioether (sulfide) groups is 1. The summed E-state index contributed by atoms with van der Waals surface area (Å²) in [5.74, 6) is 0.406. The molecule has 0 bridgehead atoms. The number of nitrogens with zero attached hydrogens (tertiary/aromatic N) is 6. The number of alkyl halides is 4. The zero-order valence-electron chi connectivity index (χ0n) is 27.7. The van der Waals surface area contributed by atoms with Gasteiger partial charge in [-0.3, -0.25) is 9.58 Å². The smallest absolute Gasteiger partial charge is 0.390 e. The highest BCUT2D eigenvalue weighted by atomic mass is 32.2. The van der Waals surface area contributed by atoms with E-state index < -0.39 is 34.0 Å². The van der Waals surface area contributed by atoms with Crippen LogP contribution in [0.3, 0.4) is 0 Å². The Hall–Kier alpha value is -2.69. The maximum atomic E-state index is 14.1. The van der Waals surface area contributed by atoms with Crippen LogP contribution in [0.2, 0.25) is 0 Å². The highest BCUT2D eigenvalue weighted by Gasteiger charge is 2.35. The van der Waals surface area contributed by atoms with Crippen molar-refractivity contribution in [1.82, 2.24) is 23.9 Å². The summed E-state index contributed by atoms with van der Waals surface area (Å²) in [6.45, 7) is 5.89. The quantitative estimate of drug-likeness (QED) is 0.227. The molecule has 0 aliphatic carbocycles. The molecule has 3 aliphatic heterocycles. The normalized spacial score (nSPS) is 19.7. The number of benzene rings is 2. The second kappa shape index (κ2) is 15.3. The Labute approximate surface area is 289 Å². The number of anilines is 1. The Morgan fingerprint density at radius 1 is 0.959 bits per heavy atom. The Bertz CT molecular complexity index is 1670. The van der Waals surface area contributed by atoms with Crippen molar-refractivity contribution < 1.29 is 31.1 Å². The van der Waals surface area contributed by atoms with E-state index in [9.17, 15) is 31.1 Å². The first kappa shape index (κ1) is 36.1. The predicted octanol–water partition coefficient (Wildman–Crippen LogP) is 4.60. The van der Waals surface area contributed by atoms with Crippen LogP contribution < -0.4 is 4.90 Å². The van der Waals surface area contributed by atoms with E-state index in [4.69, 9.17) is 5.10 Å². The zero-order chi connectivity index (χ0) is 34.8. The molecule has 268 valence electrons. The third-order valence-electron chi connectivity index (χ3n) is 9.66. The fourth-order valence-electron chi connectivity index (χ4n) is 6.95. The van der Waals surface area contributed by atoms with E-state index in [2.05, 4.69) is 26.8 Å². The molecule has 1 atom stereocenters. The molecule has 9 nitrogen and oxygen atoms in total. The lowest BCUT2D eigenvalue weighted by Gasteiger charge is -2.37. The minimum atomic E-state index is -4.56. The topological polar surface area (TPSA) is 85.1 Å². The summed E-state index contributed by atoms with van der Waals surface area (Å²) in [6.07, 6.45) is -3.75. The lowest BCUT2D eigenvalue weighted by atomic mass is 10.0. The number of piperazine rings is 1. The van der Waals surface area contributed by atoms with Gasteiger partial charge in [-0.05, 0) is 37.1 Å². The van der Waals surface area contributed by atoms with Crippen LogP contribution in [-0.2, 0) is 35.7 Å². The number of aliphatic hydroxyl groups excluding tert-OH is 1. The second-order valence-corrected chi connectivity index (χ2v) is 16.3. The largest absolute Gasteiger partial charge is 0.417 e. The molecule has 2 fully saturated rings. The van der Waals surface area contributed by atoms with Gasteiger partial charge in [0.15, 0.2) is 0 Å². The number of rotatable bonds is 11. The van der Waals surface area contributed by atoms with Crippen LogP contribution in [0.15, 0.2) is 53.4 Å². The standard InChI is InChI=1S/C34H44F4N6O3S2/c1-49(46,47)43-14-11-31-29(24-43)33(39-44(31)23-28(45)22-41-15-17-42(18-16-41)27-5-3-2-4-6-27)25-7-8-30(34(36,37)38)32(21-25)48-20-19-40-12-9-26(35)10-13-40/h2-8,21,26,28,45H,9-20,22-24H2,1H3. The molecule has 4 heterocycles. The summed E-state index contributed by atoms with van der Waals surface area (Å²) < 4.78 is 84.1. The summed E-state index contributed by atoms with van der Waals surface area (Å²) in [7, 11) is -3.53. The van der Waals surface area contributed by atoms with Gasteiger partial charge in [0.2, 0.25) is 10.0 Å². The highest BCUT2D eigenvalue weighted by Crippen LogP contribution is 2.40. The number of β-amino-alcohol motifs (C(OH)–C–C–N with tert-alkyl or cyclic N) is 1. The highest BCUT2D eigenvalue weighted by molar-refractivity contribution is 7.99. The Balaban J connectivity index is 1.21. The number of likely N-dealkylation sites (tertiary alicyclic amines) is 1. The summed E-state index contributed by atoms with van der Waals surface area (Å²) in [5.41, 5.74) is 2.75. The van der Waals surface area contributed by atoms with Gasteiger partial charge < -0.3 is 14.9 Å². The van der Waals surface area contributed by atoms with E-state index in [0.29, 0.717) is 68.0 Å². The molecule has 0 amide bonds. The maximum Gasteiger partial charge on any atom is 0.417 e. The van der Waals surface area contributed by atoms with E-state index in [-0.39, 0.29) is 24.5 Å². The van der Waals surface area contributed by atoms with Gasteiger partial charge in [-0.25, -0.2) is 12.8 Å². The molecular weight excluding hydrogens is 681 g/mol. The van der Waals surface area contributed by atoms with Crippen molar-refractivity contribution in [3.05, 3.63) is 65.4 Å². The second-order valence-electron chi connectivity index (χ2n) is 13.2. The van der Waals surface area contributed by atoms with Crippen LogP contribution in [0.1, 0.15) is 29.7 Å². The molecule has 1 N–H and O–H groups in total. The monoisotopic (exact) mass is 724 g/mol. The van der Waals surface area contributed by atoms with Gasteiger partial charge in [0.25, 0.3) is 0 Å². The lowest BCUT2D eigenvalue weighted by molar-refractivity contribution is -0.139. The lowest BCUT2D eigenvalue weighted by Crippen LogP contribution is -2.49. The van der Waals surface area contributed by atoms with Crippen LogP contribution >= 0.6 is 11.8 Å². The van der Waals surface area contributed by atoms with E-state index in [0.717, 1.165) is 56.0 Å². The van der Waals surface area contributed by atoms with Crippen LogP contribution in [0.25, 0.3) is 11.3 Å². The number of halogens is 4. The van der Waals surface area contributed by atoms with Crippen LogP contribution in [-0.4, -0.2) is 121 Å². The van der Waals surface area contributed by atoms with E-state index >= 15 is 0 Å². The number of hydrogen-bond acceptors (Lipinski definition) is 8. The van der Waals surface area contributed by atoms with Gasteiger partial charge in [0, 0.05) is 105 Å². The number of aliphatic hydroxyl groups is 1. The molecule has 15 heteroatoms. The molecule has 3 aromatic rings. The molecule has 1 unspecified atom stereocenters. The SMILES string of the molecule is CS(=O)(=O)N1CCc2c(c(-c3ccc(C(F)(F)F)c(SCCN4CCC(F)CC4)c3)nn2CC(O)CN2CCN(c3ccccc3)CC2)C1. The van der Waals surface area contributed by atoms with Crippen LogP contribution in [0, 0.1) is 0 Å². The van der Waals surface area contributed by atoms with E-state index in [1.165, 1.54) is 22.1 Å². The average Bonchev–Trinajstić information content (AvgIpc) is 3.43. The number of para-hydroxylation sites is 1. The third kappa shape index (κ3) is 8.98. The van der Waals surface area contributed by atoms with Crippen molar-refractivity contribution in [2.75, 3.05) is 75.8 Å². The molecule has 6 rings (SSSR count). The van der Waals surface area contributed by atoms with Gasteiger partial charge >= 0.3 is 6.18 Å². The zero-order valence-corrected chi connectivity index (χ0v) is 29.3. The first-order valence-corrected chi connectivity index (χ1v) is 19.6. The van der Waals surface area contributed by atoms with Crippen molar-refractivity contribution in [2.45, 2.75) is 55.7 Å². The summed E-state index contributed by atoms with van der Waals surface area (Å²) in [6, 6.07) is 14.2. The molecule has 49 heavy (non-hydrogen) atoms. The first-order chi connectivity index (χ1) is 23.3. The molecule has 0 spiro atoms. The number of piperidine rings is 1.